The Morgan fingerprint density at radius 2 is 2.31 bits per heavy atom. The molecule has 1 heterocycles. The first-order chi connectivity index (χ1) is 7.58. The van der Waals surface area contributed by atoms with E-state index in [2.05, 4.69) is 5.43 Å². The van der Waals surface area contributed by atoms with E-state index in [-0.39, 0.29) is 12.3 Å². The molecule has 16 heavy (non-hydrogen) atoms. The molecule has 0 fully saturated rings. The standard InChI is InChI=1S/C11H13N3O2/c1-7-6-14(13-5-11(12)16)10-3-2-8(15)4-9(7)10/h2-4,6,13,15H,5H2,1H3,(H2,12,16). The second-order valence-electron chi connectivity index (χ2n) is 3.68. The fourth-order valence-corrected chi connectivity index (χ4v) is 1.68. The van der Waals surface area contributed by atoms with Gasteiger partial charge in [0.15, 0.2) is 0 Å². The molecule has 2 rings (SSSR count). The Balaban J connectivity index is 2.43. The number of primary amides is 1. The van der Waals surface area contributed by atoms with Crippen LogP contribution >= 0.6 is 0 Å². The predicted molar refractivity (Wildman–Crippen MR) is 61.8 cm³/mol. The number of nitrogens with two attached hydrogens (primary N) is 1. The molecule has 1 amide bonds. The second kappa shape index (κ2) is 3.77. The van der Waals surface area contributed by atoms with E-state index < -0.39 is 5.91 Å². The van der Waals surface area contributed by atoms with Crippen LogP contribution in [-0.2, 0) is 4.79 Å². The van der Waals surface area contributed by atoms with Crippen LogP contribution in [0.3, 0.4) is 0 Å². The zero-order valence-electron chi connectivity index (χ0n) is 8.90. The van der Waals surface area contributed by atoms with E-state index in [0.29, 0.717) is 0 Å². The van der Waals surface area contributed by atoms with Crippen LogP contribution in [0.15, 0.2) is 24.4 Å². The number of fused-ring (bicyclic) bond motifs is 1. The highest BCUT2D eigenvalue weighted by molar-refractivity contribution is 5.85. The van der Waals surface area contributed by atoms with Gasteiger partial charge in [-0.05, 0) is 30.7 Å². The second-order valence-corrected chi connectivity index (χ2v) is 3.68. The number of rotatable bonds is 3. The number of carbonyl (C=O) groups is 1. The Labute approximate surface area is 92.4 Å². The molecule has 0 aliphatic rings. The van der Waals surface area contributed by atoms with Gasteiger partial charge >= 0.3 is 0 Å². The highest BCUT2D eigenvalue weighted by Gasteiger charge is 2.06. The summed E-state index contributed by atoms with van der Waals surface area (Å²) < 4.78 is 1.73. The fourth-order valence-electron chi connectivity index (χ4n) is 1.68. The molecule has 2 aromatic rings. The molecule has 0 bridgehead atoms. The number of hydrogen-bond acceptors (Lipinski definition) is 3. The minimum atomic E-state index is -0.418. The van der Waals surface area contributed by atoms with Crippen molar-refractivity contribution in [1.29, 1.82) is 0 Å². The number of nitrogens with zero attached hydrogens (tertiary/aromatic N) is 1. The first kappa shape index (κ1) is 10.4. The Kier molecular flexibility index (Phi) is 2.44. The van der Waals surface area contributed by atoms with Crippen molar-refractivity contribution in [2.75, 3.05) is 12.0 Å². The number of phenolic OH excluding ortho intramolecular Hbond substituents is 1. The molecule has 1 aromatic carbocycles. The van der Waals surface area contributed by atoms with E-state index in [1.165, 1.54) is 0 Å². The summed E-state index contributed by atoms with van der Waals surface area (Å²) in [4.78, 5) is 10.7. The van der Waals surface area contributed by atoms with Gasteiger partial charge in [0.2, 0.25) is 5.91 Å². The van der Waals surface area contributed by atoms with Gasteiger partial charge < -0.3 is 16.3 Å². The summed E-state index contributed by atoms with van der Waals surface area (Å²) >= 11 is 0. The molecule has 0 saturated carbocycles. The van der Waals surface area contributed by atoms with Crippen molar-refractivity contribution in [3.8, 4) is 5.75 Å². The topological polar surface area (TPSA) is 80.3 Å². The van der Waals surface area contributed by atoms with E-state index in [1.54, 1.807) is 22.9 Å². The van der Waals surface area contributed by atoms with Gasteiger partial charge in [-0.25, -0.2) is 0 Å². The smallest absolute Gasteiger partial charge is 0.238 e. The van der Waals surface area contributed by atoms with Crippen molar-refractivity contribution in [1.82, 2.24) is 4.68 Å². The monoisotopic (exact) mass is 219 g/mol. The maximum Gasteiger partial charge on any atom is 0.238 e. The summed E-state index contributed by atoms with van der Waals surface area (Å²) in [6.07, 6.45) is 1.85. The number of nitrogens with one attached hydrogen (secondary N) is 1. The molecule has 0 aliphatic carbocycles. The Morgan fingerprint density at radius 1 is 1.56 bits per heavy atom. The molecule has 5 nitrogen and oxygen atoms in total. The number of benzene rings is 1. The summed E-state index contributed by atoms with van der Waals surface area (Å²) in [6, 6.07) is 5.07. The van der Waals surface area contributed by atoms with Crippen molar-refractivity contribution < 1.29 is 9.90 Å². The van der Waals surface area contributed by atoms with Crippen LogP contribution in [-0.4, -0.2) is 22.2 Å². The fraction of sp³-hybridized carbons (Fsp3) is 0.182. The van der Waals surface area contributed by atoms with E-state index in [1.807, 2.05) is 13.1 Å². The average Bonchev–Trinajstić information content (AvgIpc) is 2.53. The first-order valence-electron chi connectivity index (χ1n) is 4.91. The van der Waals surface area contributed by atoms with Gasteiger partial charge in [-0.1, -0.05) is 0 Å². The van der Waals surface area contributed by atoms with Crippen molar-refractivity contribution in [2.24, 2.45) is 5.73 Å². The van der Waals surface area contributed by atoms with Gasteiger partial charge in [0.1, 0.15) is 12.3 Å². The van der Waals surface area contributed by atoms with Crippen LogP contribution in [0, 0.1) is 6.92 Å². The van der Waals surface area contributed by atoms with Crippen molar-refractivity contribution in [2.45, 2.75) is 6.92 Å². The molecular weight excluding hydrogens is 206 g/mol. The number of carbonyl (C=O) groups excluding carboxylic acids is 1. The predicted octanol–water partition coefficient (Wildman–Crippen LogP) is 0.684. The lowest BCUT2D eigenvalue weighted by molar-refractivity contribution is -0.116. The normalized spacial score (nSPS) is 10.6. The third-order valence-corrected chi connectivity index (χ3v) is 2.41. The van der Waals surface area contributed by atoms with Gasteiger partial charge in [-0.2, -0.15) is 0 Å². The number of aromatic hydroxyl groups is 1. The van der Waals surface area contributed by atoms with Crippen LogP contribution < -0.4 is 11.2 Å². The molecule has 0 radical (unpaired) electrons. The van der Waals surface area contributed by atoms with Crippen molar-refractivity contribution in [3.05, 3.63) is 30.0 Å². The molecule has 0 unspecified atom stereocenters. The molecule has 5 heteroatoms. The molecule has 1 aromatic heterocycles. The van der Waals surface area contributed by atoms with Gasteiger partial charge in [0.25, 0.3) is 0 Å². The molecule has 4 N–H and O–H groups in total. The molecule has 0 atom stereocenters. The van der Waals surface area contributed by atoms with E-state index in [9.17, 15) is 9.90 Å². The number of hydrogen-bond donors (Lipinski definition) is 3. The minimum Gasteiger partial charge on any atom is -0.508 e. The molecule has 0 saturated heterocycles. The number of phenols is 1. The van der Waals surface area contributed by atoms with E-state index in [0.717, 1.165) is 16.5 Å². The van der Waals surface area contributed by atoms with E-state index in [4.69, 9.17) is 5.73 Å². The third kappa shape index (κ3) is 1.79. The number of aryl methyl sites for hydroxylation is 1. The lowest BCUT2D eigenvalue weighted by atomic mass is 10.2. The summed E-state index contributed by atoms with van der Waals surface area (Å²) in [7, 11) is 0. The number of amides is 1. The number of aromatic nitrogens is 1. The third-order valence-electron chi connectivity index (χ3n) is 2.41. The Hall–Kier alpha value is -2.17. The van der Waals surface area contributed by atoms with Crippen LogP contribution in [0.25, 0.3) is 10.9 Å². The summed E-state index contributed by atoms with van der Waals surface area (Å²) in [6.45, 7) is 2.01. The first-order valence-corrected chi connectivity index (χ1v) is 4.91. The summed E-state index contributed by atoms with van der Waals surface area (Å²) in [5, 5.41) is 10.3. The quantitative estimate of drug-likeness (QED) is 0.710. The highest BCUT2D eigenvalue weighted by Crippen LogP contribution is 2.23. The molecule has 0 spiro atoms. The van der Waals surface area contributed by atoms with Crippen LogP contribution in [0.5, 0.6) is 5.75 Å². The maximum atomic E-state index is 10.7. The van der Waals surface area contributed by atoms with Crippen molar-refractivity contribution in [3.63, 3.8) is 0 Å². The van der Waals surface area contributed by atoms with Crippen molar-refractivity contribution >= 4 is 16.8 Å². The van der Waals surface area contributed by atoms with Gasteiger partial charge in [0, 0.05) is 11.6 Å². The Morgan fingerprint density at radius 3 is 3.00 bits per heavy atom. The molecule has 84 valence electrons. The maximum absolute atomic E-state index is 10.7. The van der Waals surface area contributed by atoms with E-state index >= 15 is 0 Å². The zero-order chi connectivity index (χ0) is 11.7. The average molecular weight is 219 g/mol. The molecule has 0 aliphatic heterocycles. The zero-order valence-corrected chi connectivity index (χ0v) is 8.90. The van der Waals surface area contributed by atoms with Gasteiger partial charge in [-0.3, -0.25) is 9.47 Å². The van der Waals surface area contributed by atoms with Crippen LogP contribution in [0.2, 0.25) is 0 Å². The molecular formula is C11H13N3O2. The van der Waals surface area contributed by atoms with Gasteiger partial charge in [-0.15, -0.1) is 0 Å². The summed E-state index contributed by atoms with van der Waals surface area (Å²) in [5.74, 6) is -0.193. The van der Waals surface area contributed by atoms with Crippen LogP contribution in [0.4, 0.5) is 0 Å². The minimum absolute atomic E-state index is 0.0735. The highest BCUT2D eigenvalue weighted by atomic mass is 16.3. The van der Waals surface area contributed by atoms with Gasteiger partial charge in [0.05, 0.1) is 5.52 Å². The summed E-state index contributed by atoms with van der Waals surface area (Å²) in [5.41, 5.74) is 9.86. The lowest BCUT2D eigenvalue weighted by Crippen LogP contribution is -2.27. The SMILES string of the molecule is Cc1cn(NCC(N)=O)c2ccc(O)cc12. The lowest BCUT2D eigenvalue weighted by Gasteiger charge is -2.06. The van der Waals surface area contributed by atoms with Crippen LogP contribution in [0.1, 0.15) is 5.56 Å². The Bertz CT molecular complexity index is 545. The largest absolute Gasteiger partial charge is 0.508 e.